The van der Waals surface area contributed by atoms with Crippen LogP contribution in [-0.2, 0) is 4.79 Å². The van der Waals surface area contributed by atoms with Crippen LogP contribution in [0.2, 0.25) is 0 Å². The Morgan fingerprint density at radius 2 is 1.63 bits per heavy atom. The largest absolute Gasteiger partial charge is 0.391 e. The molecular weight excluding hydrogens is 257 g/mol. The minimum Gasteiger partial charge on any atom is -0.352 e. The van der Waals surface area contributed by atoms with Gasteiger partial charge < -0.3 is 11.1 Å². The number of alkyl halides is 3. The number of nitrogens with one attached hydrogen (secondary N) is 1. The van der Waals surface area contributed by atoms with E-state index in [2.05, 4.69) is 5.32 Å². The second kappa shape index (κ2) is 5.69. The Morgan fingerprint density at radius 1 is 1.16 bits per heavy atom. The molecule has 6 heteroatoms. The fourth-order valence-electron chi connectivity index (χ4n) is 2.25. The van der Waals surface area contributed by atoms with Gasteiger partial charge >= 0.3 is 6.18 Å². The van der Waals surface area contributed by atoms with E-state index in [1.165, 1.54) is 0 Å². The van der Waals surface area contributed by atoms with Gasteiger partial charge in [-0.15, -0.1) is 0 Å². The van der Waals surface area contributed by atoms with Crippen LogP contribution in [0.25, 0.3) is 0 Å². The van der Waals surface area contributed by atoms with Crippen molar-refractivity contribution in [2.75, 3.05) is 0 Å². The summed E-state index contributed by atoms with van der Waals surface area (Å²) in [5.41, 5.74) is 5.46. The molecule has 1 aliphatic rings. The normalized spacial score (nSPS) is 26.9. The molecule has 0 saturated heterocycles. The molecule has 3 N–H and O–H groups in total. The van der Waals surface area contributed by atoms with E-state index in [0.717, 1.165) is 0 Å². The third-order valence-corrected chi connectivity index (χ3v) is 3.75. The zero-order valence-electron chi connectivity index (χ0n) is 11.7. The van der Waals surface area contributed by atoms with Gasteiger partial charge in [-0.3, -0.25) is 4.79 Å². The van der Waals surface area contributed by atoms with Crippen molar-refractivity contribution >= 4 is 5.91 Å². The molecule has 0 aliphatic heterocycles. The predicted molar refractivity (Wildman–Crippen MR) is 67.4 cm³/mol. The van der Waals surface area contributed by atoms with Gasteiger partial charge in [0, 0.05) is 6.04 Å². The van der Waals surface area contributed by atoms with Crippen molar-refractivity contribution in [1.29, 1.82) is 0 Å². The highest BCUT2D eigenvalue weighted by atomic mass is 19.4. The van der Waals surface area contributed by atoms with Gasteiger partial charge in [-0.1, -0.05) is 20.8 Å². The molecule has 0 heterocycles. The summed E-state index contributed by atoms with van der Waals surface area (Å²) in [6, 6.07) is -0.827. The van der Waals surface area contributed by atoms with Crippen LogP contribution in [0.4, 0.5) is 13.2 Å². The molecule has 1 amide bonds. The summed E-state index contributed by atoms with van der Waals surface area (Å²) in [5.74, 6) is -1.50. The zero-order chi connectivity index (χ0) is 14.8. The van der Waals surface area contributed by atoms with Gasteiger partial charge in [0.05, 0.1) is 12.0 Å². The number of amides is 1. The van der Waals surface area contributed by atoms with E-state index in [1.807, 2.05) is 20.8 Å². The summed E-state index contributed by atoms with van der Waals surface area (Å²) >= 11 is 0. The molecule has 0 spiro atoms. The van der Waals surface area contributed by atoms with E-state index < -0.39 is 18.1 Å². The summed E-state index contributed by atoms with van der Waals surface area (Å²) in [6.45, 7) is 5.58. The van der Waals surface area contributed by atoms with Crippen molar-refractivity contribution < 1.29 is 18.0 Å². The van der Waals surface area contributed by atoms with Gasteiger partial charge in [0.1, 0.15) is 0 Å². The van der Waals surface area contributed by atoms with Crippen LogP contribution in [-0.4, -0.2) is 24.2 Å². The third-order valence-electron chi connectivity index (χ3n) is 3.75. The summed E-state index contributed by atoms with van der Waals surface area (Å²) in [6.07, 6.45) is -3.21. The second-order valence-corrected chi connectivity index (χ2v) is 6.44. The SMILES string of the molecule is CC(C)(C)[C@H](N)C(=O)NC1CCC(C(F)(F)F)CC1. The van der Waals surface area contributed by atoms with Crippen molar-refractivity contribution in [3.63, 3.8) is 0 Å². The number of carbonyl (C=O) groups is 1. The number of hydrogen-bond acceptors (Lipinski definition) is 2. The highest BCUT2D eigenvalue weighted by molar-refractivity contribution is 5.82. The quantitative estimate of drug-likeness (QED) is 0.817. The minimum absolute atomic E-state index is 0.0825. The first-order chi connectivity index (χ1) is 8.51. The van der Waals surface area contributed by atoms with Crippen LogP contribution >= 0.6 is 0 Å². The van der Waals surface area contributed by atoms with E-state index in [1.54, 1.807) is 0 Å². The molecule has 0 aromatic carbocycles. The van der Waals surface area contributed by atoms with E-state index in [4.69, 9.17) is 5.73 Å². The van der Waals surface area contributed by atoms with Gasteiger partial charge in [0.25, 0.3) is 0 Å². The number of nitrogens with two attached hydrogens (primary N) is 1. The predicted octanol–water partition coefficient (Wildman–Crippen LogP) is 2.60. The Balaban J connectivity index is 2.44. The van der Waals surface area contributed by atoms with Crippen LogP contribution < -0.4 is 11.1 Å². The maximum Gasteiger partial charge on any atom is 0.391 e. The molecule has 0 unspecified atom stereocenters. The molecule has 0 aromatic rings. The highest BCUT2D eigenvalue weighted by Crippen LogP contribution is 2.37. The second-order valence-electron chi connectivity index (χ2n) is 6.44. The van der Waals surface area contributed by atoms with Crippen molar-refractivity contribution in [1.82, 2.24) is 5.32 Å². The first kappa shape index (κ1) is 16.3. The maximum absolute atomic E-state index is 12.5. The lowest BCUT2D eigenvalue weighted by molar-refractivity contribution is -0.182. The average Bonchev–Trinajstić information content (AvgIpc) is 2.26. The molecule has 3 nitrogen and oxygen atoms in total. The maximum atomic E-state index is 12.5. The Bertz CT molecular complexity index is 315. The zero-order valence-corrected chi connectivity index (χ0v) is 11.7. The molecule has 19 heavy (non-hydrogen) atoms. The Morgan fingerprint density at radius 3 is 2.00 bits per heavy atom. The van der Waals surface area contributed by atoms with E-state index >= 15 is 0 Å². The number of hydrogen-bond donors (Lipinski definition) is 2. The number of rotatable bonds is 2. The Hall–Kier alpha value is -0.780. The van der Waals surface area contributed by atoms with Crippen molar-refractivity contribution in [3.05, 3.63) is 0 Å². The lowest BCUT2D eigenvalue weighted by atomic mass is 9.84. The summed E-state index contributed by atoms with van der Waals surface area (Å²) < 4.78 is 37.5. The number of carbonyl (C=O) groups excluding carboxylic acids is 1. The van der Waals surface area contributed by atoms with Gasteiger partial charge in [0.15, 0.2) is 0 Å². The summed E-state index contributed by atoms with van der Waals surface area (Å²) in [7, 11) is 0. The van der Waals surface area contributed by atoms with E-state index in [0.29, 0.717) is 12.8 Å². The van der Waals surface area contributed by atoms with Gasteiger partial charge in [0.2, 0.25) is 5.91 Å². The number of halogens is 3. The highest BCUT2D eigenvalue weighted by Gasteiger charge is 2.41. The Kier molecular flexibility index (Phi) is 4.87. The van der Waals surface area contributed by atoms with Crippen LogP contribution in [0, 0.1) is 11.3 Å². The fraction of sp³-hybridized carbons (Fsp3) is 0.923. The van der Waals surface area contributed by atoms with Gasteiger partial charge in [-0.2, -0.15) is 13.2 Å². The third kappa shape index (κ3) is 4.67. The molecule has 0 aromatic heterocycles. The van der Waals surface area contributed by atoms with Crippen LogP contribution in [0.3, 0.4) is 0 Å². The molecule has 1 atom stereocenters. The van der Waals surface area contributed by atoms with E-state index in [9.17, 15) is 18.0 Å². The van der Waals surface area contributed by atoms with Gasteiger partial charge in [-0.05, 0) is 31.1 Å². The molecule has 1 fully saturated rings. The molecule has 0 bridgehead atoms. The summed E-state index contributed by atoms with van der Waals surface area (Å²) in [4.78, 5) is 11.9. The van der Waals surface area contributed by atoms with Crippen molar-refractivity contribution in [2.45, 2.75) is 64.7 Å². The standard InChI is InChI=1S/C13H23F3N2O/c1-12(2,3)10(17)11(19)18-9-6-4-8(5-7-9)13(14,15)16/h8-10H,4-7,17H2,1-3H3,(H,18,19)/t8?,9?,10-/m1/s1. The minimum atomic E-state index is -4.11. The van der Waals surface area contributed by atoms with Crippen LogP contribution in [0.15, 0.2) is 0 Å². The fourth-order valence-corrected chi connectivity index (χ4v) is 2.25. The molecule has 1 saturated carbocycles. The molecule has 0 radical (unpaired) electrons. The smallest absolute Gasteiger partial charge is 0.352 e. The van der Waals surface area contributed by atoms with Crippen LogP contribution in [0.5, 0.6) is 0 Å². The Labute approximate surface area is 112 Å². The van der Waals surface area contributed by atoms with E-state index in [-0.39, 0.29) is 30.2 Å². The molecule has 1 aliphatic carbocycles. The molecular formula is C13H23F3N2O. The average molecular weight is 280 g/mol. The lowest BCUT2D eigenvalue weighted by Gasteiger charge is -2.32. The molecule has 112 valence electrons. The summed E-state index contributed by atoms with van der Waals surface area (Å²) in [5, 5.41) is 2.77. The van der Waals surface area contributed by atoms with Crippen molar-refractivity contribution in [3.8, 4) is 0 Å². The first-order valence-corrected chi connectivity index (χ1v) is 6.64. The lowest BCUT2D eigenvalue weighted by Crippen LogP contribution is -2.52. The van der Waals surface area contributed by atoms with Gasteiger partial charge in [-0.25, -0.2) is 0 Å². The molecule has 1 rings (SSSR count). The van der Waals surface area contributed by atoms with Crippen LogP contribution in [0.1, 0.15) is 46.5 Å². The van der Waals surface area contributed by atoms with Crippen molar-refractivity contribution in [2.24, 2.45) is 17.1 Å². The first-order valence-electron chi connectivity index (χ1n) is 6.64. The topological polar surface area (TPSA) is 55.1 Å². The monoisotopic (exact) mass is 280 g/mol.